The summed E-state index contributed by atoms with van der Waals surface area (Å²) in [5.41, 5.74) is 0.916. The number of carbonyl (C=O) groups excluding carboxylic acids is 1. The second kappa shape index (κ2) is 4.68. The molecule has 1 N–H and O–H groups in total. The lowest BCUT2D eigenvalue weighted by molar-refractivity contribution is -0.124. The van der Waals surface area contributed by atoms with Crippen LogP contribution in [0.3, 0.4) is 0 Å². The van der Waals surface area contributed by atoms with Gasteiger partial charge < -0.3 is 10.1 Å². The maximum atomic E-state index is 11.8. The molecule has 6 heteroatoms. The number of hydrogen-bond donors (Lipinski definition) is 1. The fourth-order valence-electron chi connectivity index (χ4n) is 2.95. The van der Waals surface area contributed by atoms with Crippen molar-refractivity contribution in [3.05, 3.63) is 11.9 Å². The number of aryl methyl sites for hydroxylation is 1. The number of carbonyl (C=O) groups is 1. The molecule has 0 spiro atoms. The molecule has 98 valence electrons. The largest absolute Gasteiger partial charge is 0.381 e. The molecule has 1 aromatic rings. The average Bonchev–Trinajstić information content (AvgIpc) is 2.90. The Morgan fingerprint density at radius 1 is 1.61 bits per heavy atom. The van der Waals surface area contributed by atoms with Gasteiger partial charge in [-0.3, -0.25) is 9.48 Å². The minimum atomic E-state index is 0.117. The van der Waals surface area contributed by atoms with E-state index < -0.39 is 0 Å². The third-order valence-electron chi connectivity index (χ3n) is 4.18. The highest BCUT2D eigenvalue weighted by Gasteiger charge is 2.45. The van der Waals surface area contributed by atoms with Crippen LogP contribution in [0.2, 0.25) is 0 Å². The van der Waals surface area contributed by atoms with Crippen molar-refractivity contribution < 1.29 is 9.53 Å². The molecule has 6 nitrogen and oxygen atoms in total. The number of ether oxygens (including phenoxy) is 1. The molecule has 2 fully saturated rings. The van der Waals surface area contributed by atoms with E-state index in [1.807, 2.05) is 7.05 Å². The molecule has 1 saturated heterocycles. The molecule has 18 heavy (non-hydrogen) atoms. The van der Waals surface area contributed by atoms with E-state index in [2.05, 4.69) is 15.6 Å². The lowest BCUT2D eigenvalue weighted by atomic mass is 9.65. The Morgan fingerprint density at radius 2 is 2.50 bits per heavy atom. The van der Waals surface area contributed by atoms with Crippen molar-refractivity contribution in [3.8, 4) is 0 Å². The van der Waals surface area contributed by atoms with Crippen molar-refractivity contribution in [1.82, 2.24) is 20.3 Å². The van der Waals surface area contributed by atoms with E-state index in [1.54, 1.807) is 10.9 Å². The molecule has 1 aliphatic carbocycles. The van der Waals surface area contributed by atoms with Crippen molar-refractivity contribution in [2.75, 3.05) is 13.2 Å². The Balaban J connectivity index is 1.44. The fourth-order valence-corrected chi connectivity index (χ4v) is 2.95. The van der Waals surface area contributed by atoms with Crippen molar-refractivity contribution in [2.45, 2.75) is 19.4 Å². The summed E-state index contributed by atoms with van der Waals surface area (Å²) in [4.78, 5) is 11.8. The smallest absolute Gasteiger partial charge is 0.220 e. The quantitative estimate of drug-likeness (QED) is 0.823. The Labute approximate surface area is 106 Å². The van der Waals surface area contributed by atoms with Crippen molar-refractivity contribution in [2.24, 2.45) is 24.8 Å². The second-order valence-electron chi connectivity index (χ2n) is 5.29. The van der Waals surface area contributed by atoms with Gasteiger partial charge in [0.1, 0.15) is 0 Å². The van der Waals surface area contributed by atoms with Crippen LogP contribution in [-0.4, -0.2) is 34.1 Å². The highest BCUT2D eigenvalue weighted by molar-refractivity contribution is 5.76. The summed E-state index contributed by atoms with van der Waals surface area (Å²) in [5, 5.41) is 10.5. The first-order chi connectivity index (χ1) is 8.74. The molecule has 1 saturated carbocycles. The SMILES string of the molecule is Cn1nncc1CNC(=O)CC1C[C@@H]2COC[C@H]12. The van der Waals surface area contributed by atoms with Crippen LogP contribution in [0.5, 0.6) is 0 Å². The van der Waals surface area contributed by atoms with Crippen LogP contribution in [0.25, 0.3) is 0 Å². The zero-order chi connectivity index (χ0) is 12.5. The molecule has 3 atom stereocenters. The van der Waals surface area contributed by atoms with Crippen LogP contribution >= 0.6 is 0 Å². The molecule has 0 aromatic carbocycles. The molecular formula is C12H18N4O2. The third kappa shape index (κ3) is 2.12. The van der Waals surface area contributed by atoms with Gasteiger partial charge >= 0.3 is 0 Å². The van der Waals surface area contributed by atoms with Crippen LogP contribution in [0, 0.1) is 17.8 Å². The molecular weight excluding hydrogens is 232 g/mol. The molecule has 1 aliphatic heterocycles. The molecule has 1 unspecified atom stereocenters. The van der Waals surface area contributed by atoms with E-state index in [1.165, 1.54) is 0 Å². The number of hydrogen-bond acceptors (Lipinski definition) is 4. The Kier molecular flexibility index (Phi) is 3.03. The predicted molar refractivity (Wildman–Crippen MR) is 63.4 cm³/mol. The summed E-state index contributed by atoms with van der Waals surface area (Å²) >= 11 is 0. The van der Waals surface area contributed by atoms with Gasteiger partial charge in [0, 0.05) is 20.1 Å². The molecule has 0 radical (unpaired) electrons. The zero-order valence-corrected chi connectivity index (χ0v) is 10.5. The zero-order valence-electron chi connectivity index (χ0n) is 10.5. The van der Waals surface area contributed by atoms with Crippen LogP contribution in [0.1, 0.15) is 18.5 Å². The van der Waals surface area contributed by atoms with Gasteiger partial charge in [0.05, 0.1) is 25.0 Å². The van der Waals surface area contributed by atoms with Gasteiger partial charge in [-0.25, -0.2) is 0 Å². The summed E-state index contributed by atoms with van der Waals surface area (Å²) in [5.74, 6) is 1.96. The first-order valence-corrected chi connectivity index (χ1v) is 6.42. The normalized spacial score (nSPS) is 29.7. The molecule has 1 aromatic heterocycles. The molecule has 2 aliphatic rings. The maximum absolute atomic E-state index is 11.8. The van der Waals surface area contributed by atoms with E-state index in [0.29, 0.717) is 30.7 Å². The van der Waals surface area contributed by atoms with Crippen LogP contribution < -0.4 is 5.32 Å². The predicted octanol–water partition coefficient (Wildman–Crippen LogP) is 0.104. The number of nitrogens with one attached hydrogen (secondary N) is 1. The number of amides is 1. The number of aromatic nitrogens is 3. The molecule has 1 amide bonds. The minimum absolute atomic E-state index is 0.117. The van der Waals surface area contributed by atoms with E-state index >= 15 is 0 Å². The Morgan fingerprint density at radius 3 is 3.22 bits per heavy atom. The highest BCUT2D eigenvalue weighted by Crippen LogP contribution is 2.46. The molecule has 0 bridgehead atoms. The van der Waals surface area contributed by atoms with Gasteiger partial charge in [0.15, 0.2) is 0 Å². The summed E-state index contributed by atoms with van der Waals surface area (Å²) in [6.45, 7) is 2.23. The molecule has 3 rings (SSSR count). The Hall–Kier alpha value is -1.43. The second-order valence-corrected chi connectivity index (χ2v) is 5.29. The summed E-state index contributed by atoms with van der Waals surface area (Å²) in [6, 6.07) is 0. The lowest BCUT2D eigenvalue weighted by Crippen LogP contribution is -2.39. The third-order valence-corrected chi connectivity index (χ3v) is 4.18. The van der Waals surface area contributed by atoms with E-state index in [0.717, 1.165) is 25.3 Å². The van der Waals surface area contributed by atoms with E-state index in [4.69, 9.17) is 4.74 Å². The highest BCUT2D eigenvalue weighted by atomic mass is 16.5. The Bertz CT molecular complexity index is 445. The first-order valence-electron chi connectivity index (χ1n) is 6.42. The summed E-state index contributed by atoms with van der Waals surface area (Å²) in [6.07, 6.45) is 3.44. The summed E-state index contributed by atoms with van der Waals surface area (Å²) < 4.78 is 7.10. The number of rotatable bonds is 4. The van der Waals surface area contributed by atoms with Gasteiger partial charge in [-0.1, -0.05) is 5.21 Å². The lowest BCUT2D eigenvalue weighted by Gasteiger charge is -2.38. The van der Waals surface area contributed by atoms with Crippen LogP contribution in [0.15, 0.2) is 6.20 Å². The van der Waals surface area contributed by atoms with Crippen molar-refractivity contribution in [1.29, 1.82) is 0 Å². The van der Waals surface area contributed by atoms with Gasteiger partial charge in [-0.2, -0.15) is 0 Å². The van der Waals surface area contributed by atoms with Gasteiger partial charge in [-0.05, 0) is 24.2 Å². The number of nitrogens with zero attached hydrogens (tertiary/aromatic N) is 3. The number of fused-ring (bicyclic) bond motifs is 1. The van der Waals surface area contributed by atoms with E-state index in [9.17, 15) is 4.79 Å². The average molecular weight is 250 g/mol. The maximum Gasteiger partial charge on any atom is 0.220 e. The monoisotopic (exact) mass is 250 g/mol. The van der Waals surface area contributed by atoms with Gasteiger partial charge in [0.25, 0.3) is 0 Å². The minimum Gasteiger partial charge on any atom is -0.381 e. The van der Waals surface area contributed by atoms with Gasteiger partial charge in [-0.15, -0.1) is 5.10 Å². The molecule has 2 heterocycles. The first kappa shape index (κ1) is 11.6. The standard InChI is InChI=1S/C12H18N4O2/c1-16-10(5-14-15-16)4-13-12(17)3-8-2-9-6-18-7-11(8)9/h5,8-9,11H,2-4,6-7H2,1H3,(H,13,17)/t8?,9-,11-/m1/s1. The van der Waals surface area contributed by atoms with Crippen molar-refractivity contribution >= 4 is 5.91 Å². The van der Waals surface area contributed by atoms with Crippen molar-refractivity contribution in [3.63, 3.8) is 0 Å². The van der Waals surface area contributed by atoms with E-state index in [-0.39, 0.29) is 5.91 Å². The summed E-state index contributed by atoms with van der Waals surface area (Å²) in [7, 11) is 1.82. The fraction of sp³-hybridized carbons (Fsp3) is 0.750. The van der Waals surface area contributed by atoms with Gasteiger partial charge in [0.2, 0.25) is 5.91 Å². The van der Waals surface area contributed by atoms with Crippen LogP contribution in [-0.2, 0) is 23.1 Å². The van der Waals surface area contributed by atoms with Crippen LogP contribution in [0.4, 0.5) is 0 Å². The topological polar surface area (TPSA) is 69.0 Å².